The topological polar surface area (TPSA) is 116 Å². The molecule has 1 aromatic carbocycles. The van der Waals surface area contributed by atoms with Crippen molar-refractivity contribution >= 4 is 26.0 Å². The second-order valence-electron chi connectivity index (χ2n) is 9.56. The lowest BCUT2D eigenvalue weighted by atomic mass is 9.91. The van der Waals surface area contributed by atoms with Crippen LogP contribution in [-0.4, -0.2) is 60.4 Å². The van der Waals surface area contributed by atoms with Gasteiger partial charge in [-0.25, -0.2) is 0 Å². The highest BCUT2D eigenvalue weighted by atomic mass is 32.2. The fourth-order valence-corrected chi connectivity index (χ4v) is 6.14. The zero-order valence-corrected chi connectivity index (χ0v) is 22.1. The van der Waals surface area contributed by atoms with E-state index in [1.807, 2.05) is 0 Å². The second kappa shape index (κ2) is 9.67. The van der Waals surface area contributed by atoms with E-state index < -0.39 is 42.8 Å². The van der Waals surface area contributed by atoms with Gasteiger partial charge in [-0.1, -0.05) is 0 Å². The molecule has 0 N–H and O–H groups in total. The molecule has 0 radical (unpaired) electrons. The average Bonchev–Trinajstić information content (AvgIpc) is 3.37. The molecule has 2 unspecified atom stereocenters. The van der Waals surface area contributed by atoms with Crippen LogP contribution in [0, 0.1) is 19.8 Å². The fraction of sp³-hybridized carbons (Fsp3) is 0.545. The molecule has 2 atom stereocenters. The highest BCUT2D eigenvalue weighted by molar-refractivity contribution is 7.90. The molecule has 1 aliphatic carbocycles. The Morgan fingerprint density at radius 3 is 2.18 bits per heavy atom. The summed E-state index contributed by atoms with van der Waals surface area (Å²) >= 11 is 0. The highest BCUT2D eigenvalue weighted by Crippen LogP contribution is 2.34. The minimum Gasteiger partial charge on any atom is -0.376 e. The molecule has 0 bridgehead atoms. The maximum Gasteiger partial charge on any atom is 0.534 e. The van der Waals surface area contributed by atoms with Gasteiger partial charge in [-0.3, -0.25) is 4.79 Å². The predicted molar refractivity (Wildman–Crippen MR) is 123 cm³/mol. The summed E-state index contributed by atoms with van der Waals surface area (Å²) in [7, 11) is -11.5. The van der Waals surface area contributed by atoms with Crippen LogP contribution < -0.4 is 4.18 Å². The Bertz CT molecular complexity index is 1490. The number of hydrogen-bond donors (Lipinski definition) is 0. The number of carbonyl (C=O) groups is 1. The van der Waals surface area contributed by atoms with Gasteiger partial charge in [0.2, 0.25) is 5.91 Å². The van der Waals surface area contributed by atoms with Crippen LogP contribution in [0.15, 0.2) is 18.3 Å². The molecule has 39 heavy (non-hydrogen) atoms. The molecular formula is C22H23F6N3O6S2. The monoisotopic (exact) mass is 603 g/mol. The minimum absolute atomic E-state index is 0.0759. The third-order valence-electron chi connectivity index (χ3n) is 6.97. The van der Waals surface area contributed by atoms with E-state index in [1.54, 1.807) is 18.7 Å². The van der Waals surface area contributed by atoms with Crippen LogP contribution in [-0.2, 0) is 44.2 Å². The number of carbonyl (C=O) groups excluding carboxylic acids is 1. The lowest BCUT2D eigenvalue weighted by Gasteiger charge is -2.31. The van der Waals surface area contributed by atoms with Gasteiger partial charge in [-0.15, -0.1) is 0 Å². The van der Waals surface area contributed by atoms with Crippen LogP contribution in [0.2, 0.25) is 0 Å². The molecule has 2 aliphatic rings. The maximum absolute atomic E-state index is 13.2. The van der Waals surface area contributed by atoms with Crippen LogP contribution in [0.25, 0.3) is 0 Å². The van der Waals surface area contributed by atoms with Crippen molar-refractivity contribution in [1.29, 1.82) is 0 Å². The number of halogens is 6. The molecule has 0 saturated carbocycles. The van der Waals surface area contributed by atoms with Gasteiger partial charge in [0.25, 0.3) is 0 Å². The number of aromatic nitrogens is 2. The molecule has 0 spiro atoms. The van der Waals surface area contributed by atoms with Crippen molar-refractivity contribution in [1.82, 2.24) is 14.1 Å². The molecule has 1 aromatic heterocycles. The van der Waals surface area contributed by atoms with Crippen LogP contribution >= 0.6 is 0 Å². The van der Waals surface area contributed by atoms with Gasteiger partial charge in [0.15, 0.2) is 0 Å². The van der Waals surface area contributed by atoms with E-state index in [2.05, 4.69) is 9.28 Å². The molecule has 1 aliphatic heterocycles. The molecule has 1 amide bonds. The summed E-state index contributed by atoms with van der Waals surface area (Å²) < 4.78 is 127. The van der Waals surface area contributed by atoms with Gasteiger partial charge in [-0.2, -0.15) is 52.4 Å². The largest absolute Gasteiger partial charge is 0.534 e. The number of hydrogen-bond acceptors (Lipinski definition) is 7. The Balaban J connectivity index is 1.46. The Labute approximate surface area is 219 Å². The molecule has 1 saturated heterocycles. The summed E-state index contributed by atoms with van der Waals surface area (Å²) in [5, 5.41) is 3.60. The Morgan fingerprint density at radius 2 is 1.62 bits per heavy atom. The van der Waals surface area contributed by atoms with Crippen molar-refractivity contribution in [3.8, 4) is 5.75 Å². The first-order valence-corrected chi connectivity index (χ1v) is 14.5. The molecule has 2 aromatic rings. The van der Waals surface area contributed by atoms with E-state index in [9.17, 15) is 48.0 Å². The second-order valence-corrected chi connectivity index (χ2v) is 12.9. The number of nitrogens with zero attached hydrogens (tertiary/aromatic N) is 3. The van der Waals surface area contributed by atoms with Crippen molar-refractivity contribution in [2.24, 2.45) is 5.92 Å². The standard InChI is InChI=1S/C22H23F6N3O6S2/c1-12-7-17(37-39(35,36)22(26,27)28)8-13(2)18(12)10-14-5-6-30(20(14)32)16-3-4-19-15(9-16)11-31(29-19)38(33,34)21(23,24)25/h7-8,11,14,16H,3-6,9-10H2,1-2H3. The van der Waals surface area contributed by atoms with E-state index in [0.717, 1.165) is 18.3 Å². The van der Waals surface area contributed by atoms with Crippen LogP contribution in [0.4, 0.5) is 26.3 Å². The quantitative estimate of drug-likeness (QED) is 0.283. The van der Waals surface area contributed by atoms with Crippen LogP contribution in [0.1, 0.15) is 40.8 Å². The molecule has 1 fully saturated rings. The molecule has 216 valence electrons. The number of likely N-dealkylation sites (tertiary alicyclic amines) is 1. The van der Waals surface area contributed by atoms with E-state index in [0.29, 0.717) is 41.6 Å². The predicted octanol–water partition coefficient (Wildman–Crippen LogP) is 3.37. The van der Waals surface area contributed by atoms with Crippen molar-refractivity contribution < 1.29 is 52.2 Å². The number of rotatable bonds is 6. The smallest absolute Gasteiger partial charge is 0.376 e. The first-order valence-electron chi connectivity index (χ1n) is 11.6. The SMILES string of the molecule is Cc1cc(OS(=O)(=O)C(F)(F)F)cc(C)c1CC1CCN(C2CCc3nn(S(=O)(=O)C(F)(F)F)cc3C2)C1=O. The lowest BCUT2D eigenvalue weighted by Crippen LogP contribution is -2.41. The van der Waals surface area contributed by atoms with Crippen molar-refractivity contribution in [3.63, 3.8) is 0 Å². The summed E-state index contributed by atoms with van der Waals surface area (Å²) in [5.74, 6) is -1.20. The summed E-state index contributed by atoms with van der Waals surface area (Å²) in [6.07, 6.45) is 2.22. The Morgan fingerprint density at radius 1 is 1.00 bits per heavy atom. The van der Waals surface area contributed by atoms with Crippen molar-refractivity contribution in [3.05, 3.63) is 46.3 Å². The normalized spacial score (nSPS) is 20.8. The van der Waals surface area contributed by atoms with E-state index in [1.165, 1.54) is 0 Å². The summed E-state index contributed by atoms with van der Waals surface area (Å²) in [5.41, 5.74) is -9.03. The number of aryl methyl sites for hydroxylation is 3. The lowest BCUT2D eigenvalue weighted by molar-refractivity contribution is -0.133. The van der Waals surface area contributed by atoms with Gasteiger partial charge >= 0.3 is 31.2 Å². The number of amides is 1. The molecule has 9 nitrogen and oxygen atoms in total. The molecule has 4 rings (SSSR count). The average molecular weight is 604 g/mol. The Kier molecular flexibility index (Phi) is 7.24. The van der Waals surface area contributed by atoms with E-state index >= 15 is 0 Å². The summed E-state index contributed by atoms with van der Waals surface area (Å²) in [4.78, 5) is 14.8. The van der Waals surface area contributed by atoms with E-state index in [4.69, 9.17) is 0 Å². The van der Waals surface area contributed by atoms with Gasteiger partial charge in [-0.05, 0) is 80.3 Å². The zero-order chi connectivity index (χ0) is 29.1. The number of alkyl halides is 6. The van der Waals surface area contributed by atoms with Gasteiger partial charge in [0.05, 0.1) is 5.69 Å². The molecule has 2 heterocycles. The van der Waals surface area contributed by atoms with E-state index in [-0.39, 0.29) is 41.0 Å². The Hall–Kier alpha value is -2.82. The fourth-order valence-electron chi connectivity index (χ4n) is 5.01. The first kappa shape index (κ1) is 29.2. The van der Waals surface area contributed by atoms with Gasteiger partial charge in [0.1, 0.15) is 5.75 Å². The third-order valence-corrected chi connectivity index (χ3v) is 9.21. The number of benzene rings is 1. The first-order chi connectivity index (χ1) is 17.8. The van der Waals surface area contributed by atoms with Crippen molar-refractivity contribution in [2.45, 2.75) is 63.0 Å². The number of fused-ring (bicyclic) bond motifs is 1. The van der Waals surface area contributed by atoms with Crippen LogP contribution in [0.5, 0.6) is 5.75 Å². The summed E-state index contributed by atoms with van der Waals surface area (Å²) in [6.45, 7) is 3.48. The molecule has 17 heteroatoms. The van der Waals surface area contributed by atoms with Crippen LogP contribution in [0.3, 0.4) is 0 Å². The van der Waals surface area contributed by atoms with Gasteiger partial charge in [0, 0.05) is 24.7 Å². The van der Waals surface area contributed by atoms with Crippen molar-refractivity contribution in [2.75, 3.05) is 6.54 Å². The molecular weight excluding hydrogens is 580 g/mol. The third kappa shape index (κ3) is 5.47. The minimum atomic E-state index is -5.84. The zero-order valence-electron chi connectivity index (χ0n) is 20.5. The highest BCUT2D eigenvalue weighted by Gasteiger charge is 2.49. The maximum atomic E-state index is 13.2. The summed E-state index contributed by atoms with van der Waals surface area (Å²) in [6, 6.07) is 1.93. The van der Waals surface area contributed by atoms with Gasteiger partial charge < -0.3 is 9.08 Å².